The average Bonchev–Trinajstić information content (AvgIpc) is 3.30. The maximum Gasteiger partial charge on any atom is 0.325 e. The maximum absolute atomic E-state index is 13.1. The van der Waals surface area contributed by atoms with Crippen molar-refractivity contribution < 1.29 is 14.4 Å². The number of imide groups is 1. The van der Waals surface area contributed by atoms with E-state index in [9.17, 15) is 14.4 Å². The summed E-state index contributed by atoms with van der Waals surface area (Å²) in [7, 11) is 0. The van der Waals surface area contributed by atoms with Gasteiger partial charge in [-0.1, -0.05) is 62.7 Å². The smallest absolute Gasteiger partial charge is 0.319 e. The van der Waals surface area contributed by atoms with Crippen LogP contribution in [-0.4, -0.2) is 39.1 Å². The topological polar surface area (TPSA) is 96.3 Å². The Balaban J connectivity index is 1.56. The number of amides is 4. The molecule has 1 atom stereocenters. The molecule has 0 radical (unpaired) electrons. The number of hydrogen-bond acceptors (Lipinski definition) is 4. The van der Waals surface area contributed by atoms with Crippen LogP contribution in [-0.2, 0) is 20.5 Å². The number of para-hydroxylation sites is 1. The van der Waals surface area contributed by atoms with Gasteiger partial charge in [0.05, 0.1) is 11.4 Å². The van der Waals surface area contributed by atoms with Crippen molar-refractivity contribution in [1.29, 1.82) is 0 Å². The molecule has 4 rings (SSSR count). The van der Waals surface area contributed by atoms with Crippen molar-refractivity contribution in [2.24, 2.45) is 0 Å². The minimum Gasteiger partial charge on any atom is -0.319 e. The zero-order chi connectivity index (χ0) is 24.7. The monoisotopic (exact) mass is 479 g/mol. The first-order chi connectivity index (χ1) is 16.0. The summed E-state index contributed by atoms with van der Waals surface area (Å²) in [5.41, 5.74) is 0.614. The van der Waals surface area contributed by atoms with Crippen LogP contribution < -0.4 is 10.6 Å². The molecule has 2 aromatic carbocycles. The second-order valence-corrected chi connectivity index (χ2v) is 9.85. The van der Waals surface area contributed by atoms with Crippen molar-refractivity contribution >= 4 is 35.3 Å². The molecular weight excluding hydrogens is 454 g/mol. The molecule has 1 saturated heterocycles. The summed E-state index contributed by atoms with van der Waals surface area (Å²) in [5, 5.41) is 10.7. The number of carbonyl (C=O) groups excluding carboxylic acids is 3. The van der Waals surface area contributed by atoms with E-state index < -0.39 is 29.9 Å². The highest BCUT2D eigenvalue weighted by Gasteiger charge is 2.49. The fraction of sp³-hybridized carbons (Fsp3) is 0.280. The number of anilines is 1. The summed E-state index contributed by atoms with van der Waals surface area (Å²) in [6.45, 7) is 7.26. The third kappa shape index (κ3) is 4.41. The summed E-state index contributed by atoms with van der Waals surface area (Å²) in [4.78, 5) is 39.6. The average molecular weight is 480 g/mol. The van der Waals surface area contributed by atoms with Crippen molar-refractivity contribution in [3.05, 3.63) is 76.9 Å². The van der Waals surface area contributed by atoms with Gasteiger partial charge in [0.2, 0.25) is 5.91 Å². The third-order valence-corrected chi connectivity index (χ3v) is 6.00. The van der Waals surface area contributed by atoms with E-state index in [0.29, 0.717) is 16.4 Å². The van der Waals surface area contributed by atoms with Gasteiger partial charge in [0.1, 0.15) is 17.9 Å². The van der Waals surface area contributed by atoms with Crippen LogP contribution in [0.4, 0.5) is 10.6 Å². The number of benzene rings is 2. The number of halogens is 1. The number of hydrogen-bond donors (Lipinski definition) is 2. The van der Waals surface area contributed by atoms with Crippen LogP contribution >= 0.6 is 11.6 Å². The maximum atomic E-state index is 13.1. The van der Waals surface area contributed by atoms with E-state index >= 15 is 0 Å². The van der Waals surface area contributed by atoms with Crippen LogP contribution in [0.15, 0.2) is 60.7 Å². The molecule has 0 aliphatic carbocycles. The number of aromatic nitrogens is 2. The molecule has 1 aliphatic heterocycles. The van der Waals surface area contributed by atoms with Gasteiger partial charge in [0, 0.05) is 16.5 Å². The van der Waals surface area contributed by atoms with Crippen LogP contribution in [0.1, 0.15) is 39.0 Å². The van der Waals surface area contributed by atoms with Crippen molar-refractivity contribution in [2.45, 2.75) is 38.6 Å². The molecule has 1 unspecified atom stereocenters. The van der Waals surface area contributed by atoms with E-state index in [-0.39, 0.29) is 5.41 Å². The molecule has 1 aromatic heterocycles. The van der Waals surface area contributed by atoms with E-state index in [4.69, 9.17) is 11.6 Å². The standard InChI is InChI=1S/C25H26ClN5O3/c1-24(2,3)19-14-20(31(29-19)18-8-6-5-7-9-18)27-21(32)15-30-22(33)25(4,28-23(30)34)16-10-12-17(26)13-11-16/h5-14H,15H2,1-4H3,(H,27,32)(H,28,34). The quantitative estimate of drug-likeness (QED) is 0.535. The molecule has 0 saturated carbocycles. The first-order valence-corrected chi connectivity index (χ1v) is 11.2. The lowest BCUT2D eigenvalue weighted by Gasteiger charge is -2.22. The molecular formula is C25H26ClN5O3. The first-order valence-electron chi connectivity index (χ1n) is 10.8. The highest BCUT2D eigenvalue weighted by Crippen LogP contribution is 2.30. The Labute approximate surface area is 202 Å². The number of rotatable bonds is 5. The molecule has 176 valence electrons. The van der Waals surface area contributed by atoms with Crippen LogP contribution in [0, 0.1) is 0 Å². The largest absolute Gasteiger partial charge is 0.325 e. The molecule has 4 amide bonds. The zero-order valence-electron chi connectivity index (χ0n) is 19.4. The molecule has 2 heterocycles. The van der Waals surface area contributed by atoms with Crippen LogP contribution in [0.25, 0.3) is 5.69 Å². The summed E-state index contributed by atoms with van der Waals surface area (Å²) in [5.74, 6) is -0.572. The lowest BCUT2D eigenvalue weighted by molar-refractivity contribution is -0.133. The van der Waals surface area contributed by atoms with Crippen molar-refractivity contribution in [3.63, 3.8) is 0 Å². The molecule has 34 heavy (non-hydrogen) atoms. The van der Waals surface area contributed by atoms with Gasteiger partial charge in [-0.05, 0) is 36.8 Å². The summed E-state index contributed by atoms with van der Waals surface area (Å²) in [6.07, 6.45) is 0. The fourth-order valence-electron chi connectivity index (χ4n) is 3.75. The van der Waals surface area contributed by atoms with E-state index in [1.807, 2.05) is 51.1 Å². The lowest BCUT2D eigenvalue weighted by Crippen LogP contribution is -2.42. The highest BCUT2D eigenvalue weighted by atomic mass is 35.5. The van der Waals surface area contributed by atoms with Gasteiger partial charge in [-0.15, -0.1) is 0 Å². The van der Waals surface area contributed by atoms with Crippen LogP contribution in [0.3, 0.4) is 0 Å². The normalized spacial score (nSPS) is 18.2. The Morgan fingerprint density at radius 3 is 2.35 bits per heavy atom. The predicted molar refractivity (Wildman–Crippen MR) is 130 cm³/mol. The summed E-state index contributed by atoms with van der Waals surface area (Å²) in [6, 6.07) is 17.2. The van der Waals surface area contributed by atoms with Gasteiger partial charge < -0.3 is 10.6 Å². The second kappa shape index (κ2) is 8.61. The van der Waals surface area contributed by atoms with E-state index in [0.717, 1.165) is 16.3 Å². The van der Waals surface area contributed by atoms with Gasteiger partial charge in [0.15, 0.2) is 0 Å². The van der Waals surface area contributed by atoms with Gasteiger partial charge >= 0.3 is 6.03 Å². The van der Waals surface area contributed by atoms with E-state index in [2.05, 4.69) is 15.7 Å². The molecule has 8 nitrogen and oxygen atoms in total. The molecule has 9 heteroatoms. The van der Waals surface area contributed by atoms with Crippen molar-refractivity contribution in [1.82, 2.24) is 20.0 Å². The second-order valence-electron chi connectivity index (χ2n) is 9.41. The van der Waals surface area contributed by atoms with E-state index in [1.54, 1.807) is 41.9 Å². The SMILES string of the molecule is CC(C)(C)c1cc(NC(=O)CN2C(=O)NC(C)(c3ccc(Cl)cc3)C2=O)n(-c2ccccc2)n1. The Morgan fingerprint density at radius 1 is 1.09 bits per heavy atom. The molecule has 1 fully saturated rings. The molecule has 0 spiro atoms. The molecule has 3 aromatic rings. The molecule has 2 N–H and O–H groups in total. The van der Waals surface area contributed by atoms with E-state index in [1.165, 1.54) is 0 Å². The lowest BCUT2D eigenvalue weighted by atomic mass is 9.92. The van der Waals surface area contributed by atoms with Gasteiger partial charge in [0.25, 0.3) is 5.91 Å². The number of nitrogens with one attached hydrogen (secondary N) is 2. The minimum atomic E-state index is -1.28. The van der Waals surface area contributed by atoms with Gasteiger partial charge in [-0.2, -0.15) is 5.10 Å². The minimum absolute atomic E-state index is 0.245. The third-order valence-electron chi connectivity index (χ3n) is 5.74. The number of nitrogens with zero attached hydrogens (tertiary/aromatic N) is 3. The van der Waals surface area contributed by atoms with Crippen LogP contribution in [0.2, 0.25) is 5.02 Å². The first kappa shape index (κ1) is 23.5. The Hall–Kier alpha value is -3.65. The zero-order valence-corrected chi connectivity index (χ0v) is 20.2. The molecule has 0 bridgehead atoms. The van der Waals surface area contributed by atoms with Crippen LogP contribution in [0.5, 0.6) is 0 Å². The Bertz CT molecular complexity index is 1250. The Kier molecular flexibility index (Phi) is 5.95. The fourth-order valence-corrected chi connectivity index (χ4v) is 3.87. The van der Waals surface area contributed by atoms with Gasteiger partial charge in [-0.3, -0.25) is 14.5 Å². The van der Waals surface area contributed by atoms with Crippen molar-refractivity contribution in [3.8, 4) is 5.69 Å². The van der Waals surface area contributed by atoms with Crippen molar-refractivity contribution in [2.75, 3.05) is 11.9 Å². The van der Waals surface area contributed by atoms with Gasteiger partial charge in [-0.25, -0.2) is 9.48 Å². The highest BCUT2D eigenvalue weighted by molar-refractivity contribution is 6.30. The molecule has 1 aliphatic rings. The Morgan fingerprint density at radius 2 is 1.74 bits per heavy atom. The summed E-state index contributed by atoms with van der Waals surface area (Å²) >= 11 is 5.95. The number of urea groups is 1. The summed E-state index contributed by atoms with van der Waals surface area (Å²) < 4.78 is 1.64. The predicted octanol–water partition coefficient (Wildman–Crippen LogP) is 4.23. The number of carbonyl (C=O) groups is 3.